The van der Waals surface area contributed by atoms with E-state index in [2.05, 4.69) is 15.3 Å². The van der Waals surface area contributed by atoms with Crippen LogP contribution >= 0.6 is 0 Å². The minimum Gasteiger partial charge on any atom is -0.457 e. The summed E-state index contributed by atoms with van der Waals surface area (Å²) >= 11 is 0. The maximum Gasteiger partial charge on any atom is 0.269 e. The van der Waals surface area contributed by atoms with Crippen LogP contribution in [0.2, 0.25) is 0 Å². The Bertz CT molecular complexity index is 1440. The van der Waals surface area contributed by atoms with Crippen molar-refractivity contribution in [3.63, 3.8) is 0 Å². The van der Waals surface area contributed by atoms with Gasteiger partial charge in [-0.15, -0.1) is 0 Å². The number of nitrogens with one attached hydrogen (secondary N) is 2. The molecule has 1 amide bonds. The van der Waals surface area contributed by atoms with E-state index in [1.54, 1.807) is 24.3 Å². The van der Waals surface area contributed by atoms with Gasteiger partial charge in [0.25, 0.3) is 11.6 Å². The van der Waals surface area contributed by atoms with Gasteiger partial charge in [-0.2, -0.15) is 0 Å². The Kier molecular flexibility index (Phi) is 5.45. The predicted octanol–water partition coefficient (Wildman–Crippen LogP) is 6.18. The molecular formula is C26H18N4O4. The van der Waals surface area contributed by atoms with E-state index in [1.165, 1.54) is 24.3 Å². The monoisotopic (exact) mass is 450 g/mol. The number of fused-ring (bicyclic) bond motifs is 1. The molecule has 0 spiro atoms. The molecule has 1 aromatic heterocycles. The van der Waals surface area contributed by atoms with Crippen LogP contribution in [0.25, 0.3) is 22.4 Å². The number of nitro groups is 1. The molecule has 5 rings (SSSR count). The van der Waals surface area contributed by atoms with Crippen LogP contribution in [0.3, 0.4) is 0 Å². The maximum atomic E-state index is 12.6. The largest absolute Gasteiger partial charge is 0.457 e. The normalized spacial score (nSPS) is 10.7. The summed E-state index contributed by atoms with van der Waals surface area (Å²) < 4.78 is 5.68. The minimum atomic E-state index is -0.469. The number of nitro benzene ring substituents is 1. The molecule has 2 N–H and O–H groups in total. The van der Waals surface area contributed by atoms with Crippen molar-refractivity contribution >= 4 is 28.3 Å². The molecule has 5 aromatic rings. The number of ether oxygens (including phenoxy) is 1. The van der Waals surface area contributed by atoms with Gasteiger partial charge in [0.05, 0.1) is 16.0 Å². The van der Waals surface area contributed by atoms with Crippen LogP contribution in [-0.4, -0.2) is 20.8 Å². The smallest absolute Gasteiger partial charge is 0.269 e. The van der Waals surface area contributed by atoms with Crippen molar-refractivity contribution in [1.29, 1.82) is 0 Å². The van der Waals surface area contributed by atoms with Gasteiger partial charge >= 0.3 is 0 Å². The first-order valence-corrected chi connectivity index (χ1v) is 10.4. The number of H-pyrrole nitrogens is 1. The third kappa shape index (κ3) is 4.46. The van der Waals surface area contributed by atoms with Crippen LogP contribution in [0.1, 0.15) is 10.4 Å². The summed E-state index contributed by atoms with van der Waals surface area (Å²) in [5, 5.41) is 13.6. The molecule has 0 aliphatic carbocycles. The lowest BCUT2D eigenvalue weighted by Gasteiger charge is -2.08. The van der Waals surface area contributed by atoms with Crippen LogP contribution in [0, 0.1) is 10.1 Å². The summed E-state index contributed by atoms with van der Waals surface area (Å²) in [6.45, 7) is 0. The summed E-state index contributed by atoms with van der Waals surface area (Å²) in [6, 6.07) is 27.7. The fourth-order valence-corrected chi connectivity index (χ4v) is 3.45. The molecule has 0 aliphatic heterocycles. The highest BCUT2D eigenvalue weighted by Gasteiger charge is 2.09. The molecule has 166 valence electrons. The van der Waals surface area contributed by atoms with Crippen molar-refractivity contribution in [2.45, 2.75) is 0 Å². The first-order chi connectivity index (χ1) is 16.5. The average molecular weight is 450 g/mol. The van der Waals surface area contributed by atoms with Crippen molar-refractivity contribution in [1.82, 2.24) is 9.97 Å². The van der Waals surface area contributed by atoms with Crippen LogP contribution in [-0.2, 0) is 0 Å². The molecular weight excluding hydrogens is 432 g/mol. The second-order valence-corrected chi connectivity index (χ2v) is 7.51. The lowest BCUT2D eigenvalue weighted by atomic mass is 10.1. The molecule has 0 saturated carbocycles. The number of nitrogens with zero attached hydrogens (tertiary/aromatic N) is 2. The van der Waals surface area contributed by atoms with Crippen LogP contribution < -0.4 is 10.1 Å². The van der Waals surface area contributed by atoms with Gasteiger partial charge in [-0.1, -0.05) is 12.1 Å². The van der Waals surface area contributed by atoms with E-state index >= 15 is 0 Å². The Balaban J connectivity index is 1.23. The number of non-ortho nitro benzene ring substituents is 1. The Labute approximate surface area is 194 Å². The number of anilines is 1. The van der Waals surface area contributed by atoms with Crippen molar-refractivity contribution in [2.75, 3.05) is 5.32 Å². The number of amides is 1. The molecule has 0 fully saturated rings. The van der Waals surface area contributed by atoms with Gasteiger partial charge in [0.2, 0.25) is 0 Å². The fraction of sp³-hybridized carbons (Fsp3) is 0. The second kappa shape index (κ2) is 8.87. The van der Waals surface area contributed by atoms with Gasteiger partial charge in [0.15, 0.2) is 0 Å². The van der Waals surface area contributed by atoms with Gasteiger partial charge in [-0.05, 0) is 72.8 Å². The van der Waals surface area contributed by atoms with Gasteiger partial charge in [0.1, 0.15) is 17.3 Å². The molecule has 1 heterocycles. The molecule has 34 heavy (non-hydrogen) atoms. The summed E-state index contributed by atoms with van der Waals surface area (Å²) in [6.07, 6.45) is 0. The molecule has 0 atom stereocenters. The van der Waals surface area contributed by atoms with Crippen LogP contribution in [0.4, 0.5) is 11.4 Å². The SMILES string of the molecule is O=C(Nc1ccc(-c2nc3ccccc3[nH]2)cc1)c1ccc(Oc2ccc([N+](=O)[O-])cc2)cc1. The highest BCUT2D eigenvalue weighted by molar-refractivity contribution is 6.04. The summed E-state index contributed by atoms with van der Waals surface area (Å²) in [7, 11) is 0. The topological polar surface area (TPSA) is 110 Å². The third-order valence-corrected chi connectivity index (χ3v) is 5.21. The number of aromatic nitrogens is 2. The lowest BCUT2D eigenvalue weighted by Crippen LogP contribution is -2.11. The summed E-state index contributed by atoms with van der Waals surface area (Å²) in [4.78, 5) is 30.8. The fourth-order valence-electron chi connectivity index (χ4n) is 3.45. The number of para-hydroxylation sites is 2. The highest BCUT2D eigenvalue weighted by atomic mass is 16.6. The molecule has 4 aromatic carbocycles. The van der Waals surface area contributed by atoms with E-state index in [9.17, 15) is 14.9 Å². The summed E-state index contributed by atoms with van der Waals surface area (Å²) in [5.41, 5.74) is 3.91. The van der Waals surface area contributed by atoms with E-state index in [1.807, 2.05) is 48.5 Å². The molecule has 0 bridgehead atoms. The van der Waals surface area contributed by atoms with Gasteiger partial charge in [-0.3, -0.25) is 14.9 Å². The summed E-state index contributed by atoms with van der Waals surface area (Å²) in [5.74, 6) is 1.49. The Morgan fingerprint density at radius 1 is 0.853 bits per heavy atom. The van der Waals surface area contributed by atoms with E-state index in [4.69, 9.17) is 4.74 Å². The molecule has 8 heteroatoms. The first kappa shape index (κ1) is 20.9. The van der Waals surface area contributed by atoms with Gasteiger partial charge in [-0.25, -0.2) is 4.98 Å². The minimum absolute atomic E-state index is 0.00927. The Hall–Kier alpha value is -4.98. The number of hydrogen-bond acceptors (Lipinski definition) is 5. The second-order valence-electron chi connectivity index (χ2n) is 7.51. The van der Waals surface area contributed by atoms with Crippen molar-refractivity contribution in [3.8, 4) is 22.9 Å². The third-order valence-electron chi connectivity index (χ3n) is 5.21. The Morgan fingerprint density at radius 3 is 2.15 bits per heavy atom. The molecule has 0 radical (unpaired) electrons. The zero-order valence-electron chi connectivity index (χ0n) is 17.8. The molecule has 0 saturated heterocycles. The van der Waals surface area contributed by atoms with Crippen molar-refractivity contribution in [3.05, 3.63) is 113 Å². The first-order valence-electron chi connectivity index (χ1n) is 10.4. The van der Waals surface area contributed by atoms with Crippen molar-refractivity contribution in [2.24, 2.45) is 0 Å². The standard InChI is InChI=1S/C26H18N4O4/c31-26(18-7-13-21(14-8-18)34-22-15-11-20(12-16-22)30(32)33)27-19-9-5-17(6-10-19)25-28-23-3-1-2-4-24(23)29-25/h1-16H,(H,27,31)(H,28,29). The van der Waals surface area contributed by atoms with Crippen LogP contribution in [0.15, 0.2) is 97.1 Å². The Morgan fingerprint density at radius 2 is 1.50 bits per heavy atom. The van der Waals surface area contributed by atoms with Gasteiger partial charge < -0.3 is 15.0 Å². The predicted molar refractivity (Wildman–Crippen MR) is 129 cm³/mol. The van der Waals surface area contributed by atoms with Gasteiger partial charge in [0, 0.05) is 28.9 Å². The van der Waals surface area contributed by atoms with E-state index in [-0.39, 0.29) is 11.6 Å². The molecule has 0 aliphatic rings. The van der Waals surface area contributed by atoms with E-state index < -0.39 is 4.92 Å². The number of benzene rings is 4. The molecule has 0 unspecified atom stereocenters. The molecule has 8 nitrogen and oxygen atoms in total. The quantitative estimate of drug-likeness (QED) is 0.237. The zero-order chi connectivity index (χ0) is 23.5. The number of hydrogen-bond donors (Lipinski definition) is 2. The van der Waals surface area contributed by atoms with E-state index in [0.717, 1.165) is 22.4 Å². The maximum absolute atomic E-state index is 12.6. The van der Waals surface area contributed by atoms with Crippen LogP contribution in [0.5, 0.6) is 11.5 Å². The average Bonchev–Trinajstić information content (AvgIpc) is 3.30. The number of rotatable bonds is 6. The number of carbonyl (C=O) groups is 1. The lowest BCUT2D eigenvalue weighted by molar-refractivity contribution is -0.384. The highest BCUT2D eigenvalue weighted by Crippen LogP contribution is 2.25. The zero-order valence-corrected chi connectivity index (χ0v) is 17.8. The number of aromatic amines is 1. The number of imidazole rings is 1. The van der Waals surface area contributed by atoms with Crippen molar-refractivity contribution < 1.29 is 14.5 Å². The van der Waals surface area contributed by atoms with E-state index in [0.29, 0.717) is 22.7 Å². The number of carbonyl (C=O) groups excluding carboxylic acids is 1.